The Labute approximate surface area is 389 Å². The average molecular weight is 907 g/mol. The number of hydrogen-bond acceptors (Lipinski definition) is 9. The van der Waals surface area contributed by atoms with E-state index in [4.69, 9.17) is 23.7 Å². The van der Waals surface area contributed by atoms with Gasteiger partial charge in [0.15, 0.2) is 23.0 Å². The summed E-state index contributed by atoms with van der Waals surface area (Å²) in [6.07, 6.45) is 9.61. The molecule has 12 rings (SSSR count). The standard InChI is InChI=1S/C29H33N3O5.C24H25N3O3/c1-28(2,3)37-27(34)32-13-5-4-6-23(32)22-15-18-14-20(8-9-21(18)31-22)30-26(33)29(11-12-29)19-7-10-24-25(16-19)36-17-35-24;28-23(24(8-9-24)16-4-7-21-22(13-16)30-14-29-21)26-17-5-6-18-15(11-17)12-20(27-18)19-3-1-2-10-25-19/h7-10,14-16,23,31H,4-6,11-13,17H2,1-3H3,(H,30,33);4-7,11-13,19,25,27H,1-3,8-10,14H2,(H,26,28). The highest BCUT2D eigenvalue weighted by Gasteiger charge is 2.53. The van der Waals surface area contributed by atoms with Gasteiger partial charge in [-0.15, -0.1) is 0 Å². The number of benzene rings is 4. The third kappa shape index (κ3) is 8.52. The summed E-state index contributed by atoms with van der Waals surface area (Å²) in [6, 6.07) is 28.2. The molecule has 14 heteroatoms. The van der Waals surface area contributed by atoms with Gasteiger partial charge in [0.2, 0.25) is 25.4 Å². The number of carbonyl (C=O) groups excluding carboxylic acids is 3. The SMILES string of the molecule is CC(C)(C)OC(=O)N1CCCCC1c1cc2cc(NC(=O)C3(c4ccc5c(c4)OCO5)CC3)ccc2[nH]1.O=C(Nc1ccc2[nH]c(C3CCCCN3)cc2c1)C1(c2ccc3c(c2)OCO3)CC1. The number of piperidine rings is 2. The van der Waals surface area contributed by atoms with Crippen LogP contribution in [0.5, 0.6) is 23.0 Å². The van der Waals surface area contributed by atoms with E-state index in [1.807, 2.05) is 86.3 Å². The number of carbonyl (C=O) groups is 3. The molecule has 2 aliphatic carbocycles. The average Bonchev–Trinajstić information content (AvgIpc) is 4.04. The molecule has 4 aromatic carbocycles. The van der Waals surface area contributed by atoms with E-state index in [9.17, 15) is 14.4 Å². The van der Waals surface area contributed by atoms with Gasteiger partial charge in [-0.3, -0.25) is 14.5 Å². The molecule has 348 valence electrons. The molecular weight excluding hydrogens is 849 g/mol. The van der Waals surface area contributed by atoms with Gasteiger partial charge in [0.05, 0.1) is 16.9 Å². The van der Waals surface area contributed by atoms with Crippen molar-refractivity contribution in [2.75, 3.05) is 37.3 Å². The van der Waals surface area contributed by atoms with Crippen molar-refractivity contribution in [3.8, 4) is 23.0 Å². The Bertz CT molecular complexity index is 2880. The number of fused-ring (bicyclic) bond motifs is 4. The largest absolute Gasteiger partial charge is 0.454 e. The quantitative estimate of drug-likeness (QED) is 0.0998. The molecule has 2 saturated carbocycles. The summed E-state index contributed by atoms with van der Waals surface area (Å²) < 4.78 is 27.5. The summed E-state index contributed by atoms with van der Waals surface area (Å²) in [4.78, 5) is 48.3. The van der Waals surface area contributed by atoms with Gasteiger partial charge < -0.3 is 49.6 Å². The molecule has 2 atom stereocenters. The number of nitrogens with one attached hydrogen (secondary N) is 5. The van der Waals surface area contributed by atoms with Crippen molar-refractivity contribution >= 4 is 51.1 Å². The number of nitrogens with zero attached hydrogens (tertiary/aromatic N) is 1. The van der Waals surface area contributed by atoms with E-state index in [0.717, 1.165) is 125 Å². The normalized spacial score (nSPS) is 20.7. The Morgan fingerprint density at radius 3 is 1.70 bits per heavy atom. The molecule has 6 aromatic rings. The van der Waals surface area contributed by atoms with Gasteiger partial charge in [-0.1, -0.05) is 18.6 Å². The van der Waals surface area contributed by atoms with E-state index >= 15 is 0 Å². The fraction of sp³-hybridized carbons (Fsp3) is 0.415. The van der Waals surface area contributed by atoms with Crippen LogP contribution in [-0.4, -0.2) is 65.1 Å². The van der Waals surface area contributed by atoms with Crippen LogP contribution in [0, 0.1) is 0 Å². The van der Waals surface area contributed by atoms with Crippen LogP contribution in [0.1, 0.15) is 120 Å². The zero-order valence-corrected chi connectivity index (χ0v) is 38.4. The topological polar surface area (TPSA) is 168 Å². The van der Waals surface area contributed by atoms with Gasteiger partial charge in [-0.25, -0.2) is 4.79 Å². The maximum absolute atomic E-state index is 13.4. The fourth-order valence-electron chi connectivity index (χ4n) is 10.2. The third-order valence-electron chi connectivity index (χ3n) is 14.2. The second kappa shape index (κ2) is 16.9. The highest BCUT2D eigenvalue weighted by atomic mass is 16.7. The third-order valence-corrected chi connectivity index (χ3v) is 14.2. The van der Waals surface area contributed by atoms with Gasteiger partial charge >= 0.3 is 6.09 Å². The number of aromatic nitrogens is 2. The molecule has 2 unspecified atom stereocenters. The van der Waals surface area contributed by atoms with Crippen molar-refractivity contribution in [2.45, 2.75) is 113 Å². The van der Waals surface area contributed by atoms with Crippen LogP contribution in [0.3, 0.4) is 0 Å². The minimum absolute atomic E-state index is 0.00939. The lowest BCUT2D eigenvalue weighted by molar-refractivity contribution is -0.119. The Balaban J connectivity index is 0.000000151. The first kappa shape index (κ1) is 42.9. The summed E-state index contributed by atoms with van der Waals surface area (Å²) >= 11 is 0. The lowest BCUT2D eigenvalue weighted by Gasteiger charge is -2.36. The summed E-state index contributed by atoms with van der Waals surface area (Å²) in [7, 11) is 0. The molecular formula is C53H58N6O8. The summed E-state index contributed by atoms with van der Waals surface area (Å²) in [5.41, 5.74) is 6.30. The van der Waals surface area contributed by atoms with Crippen LogP contribution >= 0.6 is 0 Å². The lowest BCUT2D eigenvalue weighted by Crippen LogP contribution is -2.42. The van der Waals surface area contributed by atoms with Gasteiger partial charge in [-0.05, 0) is 169 Å². The number of aromatic amines is 2. The van der Waals surface area contributed by atoms with Crippen LogP contribution in [-0.2, 0) is 25.2 Å². The molecule has 2 saturated heterocycles. The maximum Gasteiger partial charge on any atom is 0.410 e. The number of amides is 3. The van der Waals surface area contributed by atoms with Gasteiger partial charge in [-0.2, -0.15) is 0 Å². The van der Waals surface area contributed by atoms with Crippen molar-refractivity contribution in [1.29, 1.82) is 0 Å². The Morgan fingerprint density at radius 2 is 1.16 bits per heavy atom. The first-order chi connectivity index (χ1) is 32.4. The van der Waals surface area contributed by atoms with E-state index in [1.165, 1.54) is 18.5 Å². The zero-order chi connectivity index (χ0) is 45.9. The molecule has 5 N–H and O–H groups in total. The van der Waals surface area contributed by atoms with Crippen LogP contribution in [0.25, 0.3) is 21.8 Å². The zero-order valence-electron chi connectivity index (χ0n) is 38.4. The van der Waals surface area contributed by atoms with Crippen LogP contribution in [0.2, 0.25) is 0 Å². The number of hydrogen-bond donors (Lipinski definition) is 5. The molecule has 0 spiro atoms. The van der Waals surface area contributed by atoms with Crippen LogP contribution in [0.4, 0.5) is 16.2 Å². The van der Waals surface area contributed by atoms with E-state index in [1.54, 1.807) is 0 Å². The van der Waals surface area contributed by atoms with Crippen molar-refractivity contribution in [2.24, 2.45) is 0 Å². The second-order valence-electron chi connectivity index (χ2n) is 19.9. The van der Waals surface area contributed by atoms with E-state index in [2.05, 4.69) is 50.2 Å². The van der Waals surface area contributed by atoms with Crippen molar-refractivity contribution in [3.63, 3.8) is 0 Å². The Kier molecular flexibility index (Phi) is 10.8. The lowest BCUT2D eigenvalue weighted by atomic mass is 9.94. The Hall–Kier alpha value is -6.67. The number of anilines is 2. The molecule has 67 heavy (non-hydrogen) atoms. The monoisotopic (exact) mass is 906 g/mol. The van der Waals surface area contributed by atoms with Crippen molar-refractivity contribution < 1.29 is 38.1 Å². The molecule has 2 aromatic heterocycles. The van der Waals surface area contributed by atoms with E-state index in [-0.39, 0.29) is 37.5 Å². The molecule has 4 fully saturated rings. The smallest absolute Gasteiger partial charge is 0.410 e. The van der Waals surface area contributed by atoms with Gasteiger partial charge in [0, 0.05) is 57.2 Å². The van der Waals surface area contributed by atoms with Crippen molar-refractivity contribution in [3.05, 3.63) is 107 Å². The van der Waals surface area contributed by atoms with Crippen molar-refractivity contribution in [1.82, 2.24) is 20.2 Å². The molecule has 0 radical (unpaired) electrons. The fourth-order valence-corrected chi connectivity index (χ4v) is 10.2. The number of likely N-dealkylation sites (tertiary alicyclic amines) is 1. The van der Waals surface area contributed by atoms with Crippen LogP contribution in [0.15, 0.2) is 84.9 Å². The molecule has 4 aliphatic heterocycles. The number of ether oxygens (including phenoxy) is 5. The van der Waals surface area contributed by atoms with E-state index in [0.29, 0.717) is 18.3 Å². The maximum atomic E-state index is 13.4. The van der Waals surface area contributed by atoms with E-state index < -0.39 is 16.4 Å². The summed E-state index contributed by atoms with van der Waals surface area (Å²) in [5.74, 6) is 2.92. The summed E-state index contributed by atoms with van der Waals surface area (Å²) in [5, 5.41) is 12.0. The number of H-pyrrole nitrogens is 2. The molecule has 0 bridgehead atoms. The first-order valence-corrected chi connectivity index (χ1v) is 23.8. The molecule has 6 aliphatic rings. The van der Waals surface area contributed by atoms with Gasteiger partial charge in [0.1, 0.15) is 5.60 Å². The minimum atomic E-state index is -0.536. The second-order valence-corrected chi connectivity index (χ2v) is 19.9. The molecule has 6 heterocycles. The highest BCUT2D eigenvalue weighted by molar-refractivity contribution is 6.03. The van der Waals surface area contributed by atoms with Gasteiger partial charge in [0.25, 0.3) is 0 Å². The highest BCUT2D eigenvalue weighted by Crippen LogP contribution is 2.52. The minimum Gasteiger partial charge on any atom is -0.454 e. The Morgan fingerprint density at radius 1 is 0.627 bits per heavy atom. The number of rotatable bonds is 8. The van der Waals surface area contributed by atoms with Crippen LogP contribution < -0.4 is 34.9 Å². The predicted octanol–water partition coefficient (Wildman–Crippen LogP) is 10.4. The molecule has 3 amide bonds. The first-order valence-electron chi connectivity index (χ1n) is 23.8. The predicted molar refractivity (Wildman–Crippen MR) is 255 cm³/mol. The molecule has 14 nitrogen and oxygen atoms in total. The summed E-state index contributed by atoms with van der Waals surface area (Å²) in [6.45, 7) is 7.88.